The highest BCUT2D eigenvalue weighted by Gasteiger charge is 2.15. The van der Waals surface area contributed by atoms with Crippen molar-refractivity contribution in [3.8, 4) is 11.6 Å². The smallest absolute Gasteiger partial charge is 0.238 e. The van der Waals surface area contributed by atoms with Crippen LogP contribution in [0.5, 0.6) is 11.6 Å². The molecule has 2 heterocycles. The Bertz CT molecular complexity index is 909. The van der Waals surface area contributed by atoms with E-state index in [0.29, 0.717) is 29.0 Å². The number of benzene rings is 1. The zero-order chi connectivity index (χ0) is 19.9. The summed E-state index contributed by atoms with van der Waals surface area (Å²) in [5.41, 5.74) is 1.93. The molecule has 28 heavy (non-hydrogen) atoms. The zero-order valence-corrected chi connectivity index (χ0v) is 18.4. The monoisotopic (exact) mass is 511 g/mol. The van der Waals surface area contributed by atoms with Gasteiger partial charge in [-0.1, -0.05) is 30.7 Å². The molecule has 0 atom stereocenters. The van der Waals surface area contributed by atoms with E-state index in [1.165, 1.54) is 6.33 Å². The number of hydrogen-bond acceptors (Lipinski definition) is 7. The molecular weight excluding hydrogens is 493 g/mol. The molecule has 0 amide bonds. The third kappa shape index (κ3) is 5.27. The largest absolute Gasteiger partial charge is 0.438 e. The molecule has 7 nitrogen and oxygen atoms in total. The average molecular weight is 512 g/mol. The first-order valence-corrected chi connectivity index (χ1v) is 10.1. The minimum absolute atomic E-state index is 0.462. The Morgan fingerprint density at radius 1 is 1.07 bits per heavy atom. The summed E-state index contributed by atoms with van der Waals surface area (Å²) in [7, 11) is 1.60. The average Bonchev–Trinajstić information content (AvgIpc) is 2.72. The molecule has 0 aliphatic rings. The zero-order valence-electron chi connectivity index (χ0n) is 15.5. The van der Waals surface area contributed by atoms with Crippen LogP contribution in [0.2, 0.25) is 5.02 Å². The van der Waals surface area contributed by atoms with Crippen molar-refractivity contribution >= 4 is 40.0 Å². The van der Waals surface area contributed by atoms with E-state index in [9.17, 15) is 0 Å². The summed E-state index contributed by atoms with van der Waals surface area (Å²) in [4.78, 5) is 13.9. The Labute approximate surface area is 182 Å². The van der Waals surface area contributed by atoms with Gasteiger partial charge in [-0.15, -0.1) is 10.2 Å². The molecule has 0 N–H and O–H groups in total. The molecule has 0 spiro atoms. The van der Waals surface area contributed by atoms with Crippen molar-refractivity contribution in [3.05, 3.63) is 62.7 Å². The molecule has 0 saturated heterocycles. The summed E-state index contributed by atoms with van der Waals surface area (Å²) in [6, 6.07) is 11.4. The van der Waals surface area contributed by atoms with Crippen LogP contribution in [0.3, 0.4) is 0 Å². The molecule has 0 aliphatic carbocycles. The van der Waals surface area contributed by atoms with Crippen molar-refractivity contribution in [2.75, 3.05) is 18.7 Å². The van der Waals surface area contributed by atoms with E-state index in [0.717, 1.165) is 27.8 Å². The minimum Gasteiger partial charge on any atom is -0.438 e. The Kier molecular flexibility index (Phi) is 7.35. The van der Waals surface area contributed by atoms with E-state index in [-0.39, 0.29) is 0 Å². The number of nitrogens with zero attached hydrogens (tertiary/aromatic N) is 5. The first-order chi connectivity index (χ1) is 13.6. The molecule has 0 aliphatic heterocycles. The second-order valence-electron chi connectivity index (χ2n) is 5.79. The molecule has 0 fully saturated rings. The second-order valence-corrected chi connectivity index (χ2v) is 7.27. The van der Waals surface area contributed by atoms with E-state index in [2.05, 4.69) is 42.8 Å². The first-order valence-electron chi connectivity index (χ1n) is 8.67. The van der Waals surface area contributed by atoms with E-state index in [1.807, 2.05) is 37.3 Å². The highest BCUT2D eigenvalue weighted by molar-refractivity contribution is 14.1. The summed E-state index contributed by atoms with van der Waals surface area (Å²) >= 11 is 8.50. The highest BCUT2D eigenvalue weighted by Crippen LogP contribution is 2.26. The summed E-state index contributed by atoms with van der Waals surface area (Å²) in [6.07, 6.45) is 2.99. The topological polar surface area (TPSA) is 73.3 Å². The summed E-state index contributed by atoms with van der Waals surface area (Å²) < 4.78 is 6.52. The molecule has 9 heteroatoms. The van der Waals surface area contributed by atoms with Crippen LogP contribution in [0.15, 0.2) is 42.7 Å². The van der Waals surface area contributed by atoms with E-state index < -0.39 is 0 Å². The highest BCUT2D eigenvalue weighted by atomic mass is 127. The second kappa shape index (κ2) is 9.94. The number of aryl methyl sites for hydroxylation is 1. The summed E-state index contributed by atoms with van der Waals surface area (Å²) in [5, 5.41) is 10.2. The number of ether oxygens (including phenoxy) is 1. The Hall–Kier alpha value is -2.04. The maximum atomic E-state index is 6.40. The van der Waals surface area contributed by atoms with Gasteiger partial charge in [-0.2, -0.15) is 0 Å². The van der Waals surface area contributed by atoms with Crippen LogP contribution in [0, 0.1) is 3.70 Å². The van der Waals surface area contributed by atoms with Crippen LogP contribution in [-0.4, -0.2) is 33.8 Å². The number of hydroxylamine groups is 1. The van der Waals surface area contributed by atoms with Crippen LogP contribution >= 0.6 is 34.2 Å². The van der Waals surface area contributed by atoms with Gasteiger partial charge in [-0.3, -0.25) is 4.84 Å². The number of rotatable bonds is 8. The van der Waals surface area contributed by atoms with E-state index >= 15 is 0 Å². The van der Waals surface area contributed by atoms with Crippen molar-refractivity contribution < 1.29 is 9.57 Å². The minimum atomic E-state index is 0.462. The predicted octanol–water partition coefficient (Wildman–Crippen LogP) is 4.49. The third-order valence-electron chi connectivity index (χ3n) is 3.99. The molecule has 3 aromatic rings. The Morgan fingerprint density at radius 2 is 1.86 bits per heavy atom. The number of anilines is 1. The lowest BCUT2D eigenvalue weighted by atomic mass is 10.1. The molecule has 0 unspecified atom stereocenters. The third-order valence-corrected chi connectivity index (χ3v) is 4.95. The Balaban J connectivity index is 1.62. The van der Waals surface area contributed by atoms with Crippen molar-refractivity contribution in [2.24, 2.45) is 0 Å². The van der Waals surface area contributed by atoms with Gasteiger partial charge < -0.3 is 4.74 Å². The van der Waals surface area contributed by atoms with Crippen LogP contribution < -0.4 is 9.80 Å². The predicted molar refractivity (Wildman–Crippen MR) is 116 cm³/mol. The standard InChI is InChI=1S/C19H19ClIN5O2/c1-3-15-18(20)19(23-12-22-15)26(27-2)11-10-13-4-6-14(7-5-13)28-17-9-8-16(21)24-25-17/h4-9,12H,3,10-11H2,1-2H3. The molecule has 0 saturated carbocycles. The van der Waals surface area contributed by atoms with E-state index in [1.54, 1.807) is 18.2 Å². The van der Waals surface area contributed by atoms with Crippen LogP contribution in [-0.2, 0) is 17.7 Å². The van der Waals surface area contributed by atoms with Crippen molar-refractivity contribution in [2.45, 2.75) is 19.8 Å². The summed E-state index contributed by atoms with van der Waals surface area (Å²) in [5.74, 6) is 1.74. The lowest BCUT2D eigenvalue weighted by Crippen LogP contribution is -2.26. The van der Waals surface area contributed by atoms with Crippen LogP contribution in [0.25, 0.3) is 0 Å². The fourth-order valence-corrected chi connectivity index (χ4v) is 3.15. The van der Waals surface area contributed by atoms with Gasteiger partial charge in [0.15, 0.2) is 5.82 Å². The maximum absolute atomic E-state index is 6.40. The maximum Gasteiger partial charge on any atom is 0.238 e. The fraction of sp³-hybridized carbons (Fsp3) is 0.263. The van der Waals surface area contributed by atoms with Gasteiger partial charge in [0.25, 0.3) is 0 Å². The lowest BCUT2D eigenvalue weighted by molar-refractivity contribution is 0.165. The van der Waals surface area contributed by atoms with Gasteiger partial charge >= 0.3 is 0 Å². The van der Waals surface area contributed by atoms with Crippen molar-refractivity contribution in [3.63, 3.8) is 0 Å². The molecule has 3 rings (SSSR count). The number of aromatic nitrogens is 4. The lowest BCUT2D eigenvalue weighted by Gasteiger charge is -2.22. The van der Waals surface area contributed by atoms with Crippen molar-refractivity contribution in [1.29, 1.82) is 0 Å². The Morgan fingerprint density at radius 3 is 2.50 bits per heavy atom. The van der Waals surface area contributed by atoms with Gasteiger partial charge in [-0.05, 0) is 59.2 Å². The van der Waals surface area contributed by atoms with E-state index in [4.69, 9.17) is 21.2 Å². The quantitative estimate of drug-likeness (QED) is 0.326. The first kappa shape index (κ1) is 20.7. The molecule has 0 radical (unpaired) electrons. The fourth-order valence-electron chi connectivity index (χ4n) is 2.53. The molecule has 1 aromatic carbocycles. The molecule has 146 valence electrons. The van der Waals surface area contributed by atoms with Gasteiger partial charge in [0.05, 0.1) is 19.3 Å². The SMILES string of the molecule is CCc1ncnc(N(CCc2ccc(Oc3ccc(I)nn3)cc2)OC)c1Cl. The van der Waals surface area contributed by atoms with Gasteiger partial charge in [0.1, 0.15) is 20.8 Å². The summed E-state index contributed by atoms with van der Waals surface area (Å²) in [6.45, 7) is 2.60. The van der Waals surface area contributed by atoms with Gasteiger partial charge in [0.2, 0.25) is 5.88 Å². The van der Waals surface area contributed by atoms with Crippen molar-refractivity contribution in [1.82, 2.24) is 20.2 Å². The normalized spacial score (nSPS) is 10.7. The van der Waals surface area contributed by atoms with Crippen LogP contribution in [0.1, 0.15) is 18.2 Å². The van der Waals surface area contributed by atoms with Gasteiger partial charge in [0, 0.05) is 6.07 Å². The number of halogens is 2. The molecule has 0 bridgehead atoms. The number of hydrogen-bond donors (Lipinski definition) is 0. The van der Waals surface area contributed by atoms with Gasteiger partial charge in [-0.25, -0.2) is 15.0 Å². The van der Waals surface area contributed by atoms with Crippen LogP contribution in [0.4, 0.5) is 5.82 Å². The molecule has 2 aromatic heterocycles. The molecular formula is C19H19ClIN5O2.